The first-order valence-electron chi connectivity index (χ1n) is 6.82. The SMILES string of the molecule is CC(C)CN(CC(N)=O)C(=O)c1c[nH]c2ccc(N)cc12. The second kappa shape index (κ2) is 5.87. The molecule has 1 aromatic carbocycles. The molecule has 21 heavy (non-hydrogen) atoms. The summed E-state index contributed by atoms with van der Waals surface area (Å²) >= 11 is 0. The lowest BCUT2D eigenvalue weighted by Crippen LogP contribution is -2.40. The zero-order valence-corrected chi connectivity index (χ0v) is 12.2. The molecule has 0 aliphatic heterocycles. The van der Waals surface area contributed by atoms with Gasteiger partial charge in [0.05, 0.1) is 12.1 Å². The van der Waals surface area contributed by atoms with Crippen molar-refractivity contribution in [3.8, 4) is 0 Å². The number of hydrogen-bond acceptors (Lipinski definition) is 3. The number of nitrogens with zero attached hydrogens (tertiary/aromatic N) is 1. The highest BCUT2D eigenvalue weighted by Crippen LogP contribution is 2.22. The zero-order chi connectivity index (χ0) is 15.6. The van der Waals surface area contributed by atoms with Crippen molar-refractivity contribution in [1.29, 1.82) is 0 Å². The molecule has 0 aliphatic rings. The van der Waals surface area contributed by atoms with Crippen molar-refractivity contribution in [2.24, 2.45) is 11.7 Å². The van der Waals surface area contributed by atoms with E-state index in [1.54, 1.807) is 18.3 Å². The van der Waals surface area contributed by atoms with Gasteiger partial charge in [0.25, 0.3) is 5.91 Å². The summed E-state index contributed by atoms with van der Waals surface area (Å²) in [6.45, 7) is 4.34. The molecule has 0 spiro atoms. The number of carbonyl (C=O) groups is 2. The summed E-state index contributed by atoms with van der Waals surface area (Å²) < 4.78 is 0. The monoisotopic (exact) mass is 288 g/mol. The van der Waals surface area contributed by atoms with Gasteiger partial charge in [-0.3, -0.25) is 9.59 Å². The number of H-pyrrole nitrogens is 1. The van der Waals surface area contributed by atoms with E-state index in [0.717, 1.165) is 10.9 Å². The molecule has 0 unspecified atom stereocenters. The van der Waals surface area contributed by atoms with Crippen LogP contribution in [0.25, 0.3) is 10.9 Å². The minimum Gasteiger partial charge on any atom is -0.399 e. The van der Waals surface area contributed by atoms with Crippen LogP contribution in [0.4, 0.5) is 5.69 Å². The second-order valence-electron chi connectivity index (χ2n) is 5.55. The van der Waals surface area contributed by atoms with Gasteiger partial charge in [0.2, 0.25) is 5.91 Å². The van der Waals surface area contributed by atoms with Crippen molar-refractivity contribution in [2.45, 2.75) is 13.8 Å². The first kappa shape index (κ1) is 14.9. The van der Waals surface area contributed by atoms with Crippen LogP contribution in [-0.2, 0) is 4.79 Å². The Balaban J connectivity index is 2.37. The standard InChI is InChI=1S/C15H20N4O2/c1-9(2)7-19(8-14(17)20)15(21)12-6-18-13-4-3-10(16)5-11(12)13/h3-6,9,18H,7-8,16H2,1-2H3,(H2,17,20). The number of hydrogen-bond donors (Lipinski definition) is 3. The van der Waals surface area contributed by atoms with Crippen LogP contribution >= 0.6 is 0 Å². The van der Waals surface area contributed by atoms with Crippen LogP contribution in [0.5, 0.6) is 0 Å². The lowest BCUT2D eigenvalue weighted by atomic mass is 10.1. The highest BCUT2D eigenvalue weighted by atomic mass is 16.2. The third-order valence-corrected chi connectivity index (χ3v) is 3.16. The summed E-state index contributed by atoms with van der Waals surface area (Å²) in [6.07, 6.45) is 1.64. The predicted octanol–water partition coefficient (Wildman–Crippen LogP) is 1.33. The average Bonchev–Trinajstić information content (AvgIpc) is 2.78. The van der Waals surface area contributed by atoms with Crippen LogP contribution in [0.15, 0.2) is 24.4 Å². The molecule has 0 bridgehead atoms. The van der Waals surface area contributed by atoms with Gasteiger partial charge in [-0.25, -0.2) is 0 Å². The number of nitrogen functional groups attached to an aromatic ring is 1. The number of aromatic nitrogens is 1. The summed E-state index contributed by atoms with van der Waals surface area (Å²) in [5.74, 6) is -0.508. The van der Waals surface area contributed by atoms with Gasteiger partial charge >= 0.3 is 0 Å². The molecule has 2 aromatic rings. The van der Waals surface area contributed by atoms with Crippen molar-refractivity contribution >= 4 is 28.4 Å². The van der Waals surface area contributed by atoms with Crippen LogP contribution < -0.4 is 11.5 Å². The van der Waals surface area contributed by atoms with Crippen molar-refractivity contribution in [3.05, 3.63) is 30.0 Å². The minimum absolute atomic E-state index is 0.0913. The fourth-order valence-corrected chi connectivity index (χ4v) is 2.33. The average molecular weight is 288 g/mol. The molecule has 1 aromatic heterocycles. The highest BCUT2D eigenvalue weighted by molar-refractivity contribution is 6.08. The molecule has 0 radical (unpaired) electrons. The Morgan fingerprint density at radius 1 is 1.33 bits per heavy atom. The summed E-state index contributed by atoms with van der Waals surface area (Å²) in [6, 6.07) is 5.33. The maximum atomic E-state index is 12.7. The molecule has 1 heterocycles. The van der Waals surface area contributed by atoms with Gasteiger partial charge in [-0.15, -0.1) is 0 Å². The van der Waals surface area contributed by atoms with Gasteiger partial charge in [0.15, 0.2) is 0 Å². The molecule has 0 aliphatic carbocycles. The van der Waals surface area contributed by atoms with Gasteiger partial charge in [0, 0.05) is 29.3 Å². The Bertz CT molecular complexity index is 675. The van der Waals surface area contributed by atoms with Crippen molar-refractivity contribution in [3.63, 3.8) is 0 Å². The maximum absolute atomic E-state index is 12.7. The van der Waals surface area contributed by atoms with Gasteiger partial charge in [0.1, 0.15) is 0 Å². The lowest BCUT2D eigenvalue weighted by molar-refractivity contribution is -0.118. The third-order valence-electron chi connectivity index (χ3n) is 3.16. The molecule has 0 fully saturated rings. The first-order valence-corrected chi connectivity index (χ1v) is 6.82. The summed E-state index contributed by atoms with van der Waals surface area (Å²) in [7, 11) is 0. The number of rotatable bonds is 5. The second-order valence-corrected chi connectivity index (χ2v) is 5.55. The van der Waals surface area contributed by atoms with Crippen molar-refractivity contribution in [2.75, 3.05) is 18.8 Å². The quantitative estimate of drug-likeness (QED) is 0.723. The molecule has 0 saturated heterocycles. The molecule has 2 rings (SSSR count). The number of nitrogens with one attached hydrogen (secondary N) is 1. The topological polar surface area (TPSA) is 105 Å². The van der Waals surface area contributed by atoms with E-state index in [9.17, 15) is 9.59 Å². The molecular weight excluding hydrogens is 268 g/mol. The molecule has 6 heteroatoms. The summed E-state index contributed by atoms with van der Waals surface area (Å²) in [5.41, 5.74) is 12.9. The van der Waals surface area contributed by atoms with E-state index >= 15 is 0 Å². The van der Waals surface area contributed by atoms with E-state index in [1.807, 2.05) is 19.9 Å². The van der Waals surface area contributed by atoms with Crippen molar-refractivity contribution < 1.29 is 9.59 Å². The van der Waals surface area contributed by atoms with Crippen LogP contribution in [0.1, 0.15) is 24.2 Å². The molecule has 0 atom stereocenters. The van der Waals surface area contributed by atoms with Crippen molar-refractivity contribution in [1.82, 2.24) is 9.88 Å². The Morgan fingerprint density at radius 3 is 2.67 bits per heavy atom. The summed E-state index contributed by atoms with van der Waals surface area (Å²) in [5, 5.41) is 0.748. The number of amides is 2. The molecule has 0 saturated carbocycles. The largest absolute Gasteiger partial charge is 0.399 e. The Morgan fingerprint density at radius 2 is 2.05 bits per heavy atom. The van der Waals surface area contributed by atoms with E-state index in [4.69, 9.17) is 11.5 Å². The first-order chi connectivity index (χ1) is 9.88. The van der Waals surface area contributed by atoms with Crippen LogP contribution in [0.2, 0.25) is 0 Å². The molecule has 2 amide bonds. The predicted molar refractivity (Wildman–Crippen MR) is 82.6 cm³/mol. The molecule has 112 valence electrons. The number of nitrogens with two attached hydrogens (primary N) is 2. The van der Waals surface area contributed by atoms with E-state index in [2.05, 4.69) is 4.98 Å². The molecule has 6 nitrogen and oxygen atoms in total. The lowest BCUT2D eigenvalue weighted by Gasteiger charge is -2.23. The number of benzene rings is 1. The van der Waals surface area contributed by atoms with E-state index in [0.29, 0.717) is 17.8 Å². The number of anilines is 1. The fourth-order valence-electron chi connectivity index (χ4n) is 2.33. The number of aromatic amines is 1. The molecule has 5 N–H and O–H groups in total. The van der Waals surface area contributed by atoms with Gasteiger partial charge < -0.3 is 21.4 Å². The Kier molecular flexibility index (Phi) is 4.16. The zero-order valence-electron chi connectivity index (χ0n) is 12.2. The number of fused-ring (bicyclic) bond motifs is 1. The van der Waals surface area contributed by atoms with E-state index in [-0.39, 0.29) is 18.4 Å². The normalized spacial score (nSPS) is 11.0. The minimum atomic E-state index is -0.525. The van der Waals surface area contributed by atoms with Crippen LogP contribution in [-0.4, -0.2) is 34.8 Å². The third kappa shape index (κ3) is 3.34. The summed E-state index contributed by atoms with van der Waals surface area (Å²) in [4.78, 5) is 28.4. The van der Waals surface area contributed by atoms with Crippen LogP contribution in [0.3, 0.4) is 0 Å². The van der Waals surface area contributed by atoms with E-state index in [1.165, 1.54) is 4.90 Å². The van der Waals surface area contributed by atoms with Gasteiger partial charge in [-0.2, -0.15) is 0 Å². The van der Waals surface area contributed by atoms with Gasteiger partial charge in [-0.1, -0.05) is 13.8 Å². The number of primary amides is 1. The highest BCUT2D eigenvalue weighted by Gasteiger charge is 2.21. The number of carbonyl (C=O) groups excluding carboxylic acids is 2. The van der Waals surface area contributed by atoms with Crippen LogP contribution in [0, 0.1) is 5.92 Å². The maximum Gasteiger partial charge on any atom is 0.256 e. The Labute approximate surface area is 123 Å². The molecular formula is C15H20N4O2. The van der Waals surface area contributed by atoms with E-state index < -0.39 is 5.91 Å². The smallest absolute Gasteiger partial charge is 0.256 e. The Hall–Kier alpha value is -2.50. The fraction of sp³-hybridized carbons (Fsp3) is 0.333. The van der Waals surface area contributed by atoms with Gasteiger partial charge in [-0.05, 0) is 24.1 Å².